The highest BCUT2D eigenvalue weighted by Gasteiger charge is 2.30. The summed E-state index contributed by atoms with van der Waals surface area (Å²) in [5.41, 5.74) is 1.64. The van der Waals surface area contributed by atoms with Gasteiger partial charge in [0, 0.05) is 5.69 Å². The van der Waals surface area contributed by atoms with E-state index in [-0.39, 0.29) is 11.8 Å². The third-order valence-corrected chi connectivity index (χ3v) is 3.21. The molecule has 0 radical (unpaired) electrons. The second kappa shape index (κ2) is 7.32. The molecule has 0 aliphatic heterocycles. The minimum atomic E-state index is -4.70. The van der Waals surface area contributed by atoms with E-state index >= 15 is 0 Å². The Kier molecular flexibility index (Phi) is 5.44. The van der Waals surface area contributed by atoms with Crippen molar-refractivity contribution in [2.75, 3.05) is 5.32 Å². The Hall–Kier alpha value is -2.28. The monoisotopic (exact) mass is 340 g/mol. The van der Waals surface area contributed by atoms with E-state index in [2.05, 4.69) is 15.4 Å². The molecule has 0 saturated carbocycles. The number of ether oxygens (including phenoxy) is 1. The van der Waals surface area contributed by atoms with Gasteiger partial charge >= 0.3 is 6.36 Å². The topological polar surface area (TPSA) is 33.3 Å². The number of thiocarbonyl (C=S) groups is 1. The van der Waals surface area contributed by atoms with Crippen LogP contribution in [0.3, 0.4) is 0 Å². The van der Waals surface area contributed by atoms with Gasteiger partial charge in [-0.2, -0.15) is 0 Å². The average Bonchev–Trinajstić information content (AvgIpc) is 2.48. The van der Waals surface area contributed by atoms with Gasteiger partial charge in [0.2, 0.25) is 0 Å². The molecule has 3 nitrogen and oxygen atoms in total. The normalized spacial score (nSPS) is 12.3. The van der Waals surface area contributed by atoms with Crippen molar-refractivity contribution < 1.29 is 17.9 Å². The highest BCUT2D eigenvalue weighted by atomic mass is 32.1. The Morgan fingerprint density at radius 1 is 1.04 bits per heavy atom. The van der Waals surface area contributed by atoms with E-state index < -0.39 is 6.36 Å². The molecule has 0 saturated heterocycles. The van der Waals surface area contributed by atoms with E-state index in [1.807, 2.05) is 37.3 Å². The average molecular weight is 340 g/mol. The quantitative estimate of drug-likeness (QED) is 0.795. The molecule has 7 heteroatoms. The summed E-state index contributed by atoms with van der Waals surface area (Å²) in [4.78, 5) is 0. The Balaban J connectivity index is 1.90. The lowest BCUT2D eigenvalue weighted by atomic mass is 10.1. The minimum absolute atomic E-state index is 0.00374. The summed E-state index contributed by atoms with van der Waals surface area (Å²) < 4.78 is 40.1. The molecule has 0 amide bonds. The van der Waals surface area contributed by atoms with Crippen molar-refractivity contribution in [2.24, 2.45) is 0 Å². The highest BCUT2D eigenvalue weighted by Crippen LogP contribution is 2.24. The number of halogens is 3. The van der Waals surface area contributed by atoms with Crippen molar-refractivity contribution in [1.82, 2.24) is 5.32 Å². The van der Waals surface area contributed by atoms with Crippen LogP contribution in [0.2, 0.25) is 0 Å². The summed E-state index contributed by atoms with van der Waals surface area (Å²) in [5.74, 6) is -0.278. The lowest BCUT2D eigenvalue weighted by molar-refractivity contribution is -0.274. The van der Waals surface area contributed by atoms with Gasteiger partial charge in [-0.15, -0.1) is 13.2 Å². The molecule has 0 spiro atoms. The standard InChI is InChI=1S/C16H15F3N2OS/c1-11(12-5-3-2-4-6-12)20-15(23)21-13-7-9-14(10-8-13)22-16(17,18)19/h2-11H,1H3,(H2,20,21,23). The fraction of sp³-hybridized carbons (Fsp3) is 0.188. The molecular formula is C16H15F3N2OS. The zero-order chi connectivity index (χ0) is 16.9. The van der Waals surface area contributed by atoms with E-state index in [9.17, 15) is 13.2 Å². The number of alkyl halides is 3. The SMILES string of the molecule is CC(NC(=S)Nc1ccc(OC(F)(F)F)cc1)c1ccccc1. The van der Waals surface area contributed by atoms with Crippen LogP contribution in [0.5, 0.6) is 5.75 Å². The van der Waals surface area contributed by atoms with Crippen molar-refractivity contribution >= 4 is 23.0 Å². The van der Waals surface area contributed by atoms with Gasteiger partial charge in [0.25, 0.3) is 0 Å². The first-order valence-corrected chi connectivity index (χ1v) is 7.22. The van der Waals surface area contributed by atoms with Gasteiger partial charge in [-0.25, -0.2) is 0 Å². The lowest BCUT2D eigenvalue weighted by Gasteiger charge is -2.17. The van der Waals surface area contributed by atoms with Crippen molar-refractivity contribution in [3.05, 3.63) is 60.2 Å². The molecule has 0 fully saturated rings. The molecule has 122 valence electrons. The fourth-order valence-electron chi connectivity index (χ4n) is 1.93. The third-order valence-electron chi connectivity index (χ3n) is 2.99. The second-order valence-corrected chi connectivity index (χ2v) is 5.21. The van der Waals surface area contributed by atoms with E-state index in [1.54, 1.807) is 0 Å². The van der Waals surface area contributed by atoms with Crippen LogP contribution in [0.1, 0.15) is 18.5 Å². The number of hydrogen-bond donors (Lipinski definition) is 2. The van der Waals surface area contributed by atoms with Gasteiger partial charge in [0.15, 0.2) is 5.11 Å². The van der Waals surface area contributed by atoms with Crippen molar-refractivity contribution in [1.29, 1.82) is 0 Å². The van der Waals surface area contributed by atoms with Crippen LogP contribution in [0.25, 0.3) is 0 Å². The molecule has 2 aromatic rings. The molecule has 1 atom stereocenters. The lowest BCUT2D eigenvalue weighted by Crippen LogP contribution is -2.30. The number of nitrogens with one attached hydrogen (secondary N) is 2. The van der Waals surface area contributed by atoms with Gasteiger partial charge in [-0.3, -0.25) is 0 Å². The van der Waals surface area contributed by atoms with Gasteiger partial charge in [-0.05, 0) is 49.0 Å². The Morgan fingerprint density at radius 3 is 2.22 bits per heavy atom. The Bertz CT molecular complexity index is 645. The van der Waals surface area contributed by atoms with Gasteiger partial charge in [0.05, 0.1) is 6.04 Å². The molecule has 2 aromatic carbocycles. The Labute approximate surface area is 137 Å². The number of rotatable bonds is 4. The van der Waals surface area contributed by atoms with E-state index in [4.69, 9.17) is 12.2 Å². The minimum Gasteiger partial charge on any atom is -0.406 e. The molecule has 0 bridgehead atoms. The summed E-state index contributed by atoms with van der Waals surface area (Å²) >= 11 is 5.20. The maximum absolute atomic E-state index is 12.1. The van der Waals surface area contributed by atoms with Crippen molar-refractivity contribution in [3.63, 3.8) is 0 Å². The van der Waals surface area contributed by atoms with Crippen LogP contribution in [-0.2, 0) is 0 Å². The molecular weight excluding hydrogens is 325 g/mol. The van der Waals surface area contributed by atoms with E-state index in [0.717, 1.165) is 5.56 Å². The first-order valence-electron chi connectivity index (χ1n) is 6.82. The van der Waals surface area contributed by atoms with Crippen molar-refractivity contribution in [2.45, 2.75) is 19.3 Å². The molecule has 23 heavy (non-hydrogen) atoms. The molecule has 0 heterocycles. The molecule has 2 rings (SSSR count). The number of anilines is 1. The van der Waals surface area contributed by atoms with E-state index in [0.29, 0.717) is 10.8 Å². The van der Waals surface area contributed by atoms with E-state index in [1.165, 1.54) is 24.3 Å². The van der Waals surface area contributed by atoms with Gasteiger partial charge in [0.1, 0.15) is 5.75 Å². The van der Waals surface area contributed by atoms with Crippen LogP contribution in [0.15, 0.2) is 54.6 Å². The largest absolute Gasteiger partial charge is 0.573 e. The number of hydrogen-bond acceptors (Lipinski definition) is 2. The summed E-state index contributed by atoms with van der Waals surface area (Å²) in [5, 5.41) is 6.40. The summed E-state index contributed by atoms with van der Waals surface area (Å²) in [7, 11) is 0. The summed E-state index contributed by atoms with van der Waals surface area (Å²) in [6, 6.07) is 15.1. The first-order chi connectivity index (χ1) is 10.8. The maximum atomic E-state index is 12.1. The fourth-order valence-corrected chi connectivity index (χ4v) is 2.22. The first kappa shape index (κ1) is 17.1. The molecule has 0 aliphatic rings. The molecule has 0 aromatic heterocycles. The van der Waals surface area contributed by atoms with Gasteiger partial charge in [-0.1, -0.05) is 30.3 Å². The number of benzene rings is 2. The van der Waals surface area contributed by atoms with Crippen LogP contribution in [0.4, 0.5) is 18.9 Å². The zero-order valence-electron chi connectivity index (χ0n) is 12.2. The van der Waals surface area contributed by atoms with Crippen LogP contribution < -0.4 is 15.4 Å². The van der Waals surface area contributed by atoms with Crippen LogP contribution in [-0.4, -0.2) is 11.5 Å². The van der Waals surface area contributed by atoms with Crippen molar-refractivity contribution in [3.8, 4) is 5.75 Å². The highest BCUT2D eigenvalue weighted by molar-refractivity contribution is 7.80. The third kappa shape index (κ3) is 5.78. The second-order valence-electron chi connectivity index (χ2n) is 4.80. The van der Waals surface area contributed by atoms with Crippen LogP contribution in [0, 0.1) is 0 Å². The van der Waals surface area contributed by atoms with Crippen LogP contribution >= 0.6 is 12.2 Å². The summed E-state index contributed by atoms with van der Waals surface area (Å²) in [6.45, 7) is 1.96. The predicted octanol–water partition coefficient (Wildman–Crippen LogP) is 4.63. The predicted molar refractivity (Wildman–Crippen MR) is 87.3 cm³/mol. The summed E-state index contributed by atoms with van der Waals surface area (Å²) in [6.07, 6.45) is -4.70. The van der Waals surface area contributed by atoms with Gasteiger partial charge < -0.3 is 15.4 Å². The zero-order valence-corrected chi connectivity index (χ0v) is 13.0. The maximum Gasteiger partial charge on any atom is 0.573 e. The molecule has 0 aliphatic carbocycles. The molecule has 2 N–H and O–H groups in total. The smallest absolute Gasteiger partial charge is 0.406 e. The molecule has 1 unspecified atom stereocenters. The Morgan fingerprint density at radius 2 is 1.65 bits per heavy atom.